The third-order valence-electron chi connectivity index (χ3n) is 6.52. The summed E-state index contributed by atoms with van der Waals surface area (Å²) in [5.41, 5.74) is 0.875. The first-order chi connectivity index (χ1) is 17.2. The molecule has 0 radical (unpaired) electrons. The average molecular weight is 502 g/mol. The number of hydrogen-bond donors (Lipinski definition) is 2. The Morgan fingerprint density at radius 3 is 1.94 bits per heavy atom. The summed E-state index contributed by atoms with van der Waals surface area (Å²) in [5.74, 6) is 0.150. The molecule has 1 aromatic carbocycles. The lowest BCUT2D eigenvalue weighted by molar-refractivity contribution is -0.130. The van der Waals surface area contributed by atoms with Crippen LogP contribution in [0.5, 0.6) is 0 Å². The van der Waals surface area contributed by atoms with Gasteiger partial charge in [-0.3, -0.25) is 14.5 Å². The fraction of sp³-hybridized carbons (Fsp3) is 0.690. The van der Waals surface area contributed by atoms with Crippen molar-refractivity contribution in [2.75, 3.05) is 19.6 Å². The lowest BCUT2D eigenvalue weighted by atomic mass is 9.98. The number of ketones is 1. The van der Waals surface area contributed by atoms with E-state index in [1.807, 2.05) is 44.2 Å². The molecule has 0 spiro atoms. The van der Waals surface area contributed by atoms with Gasteiger partial charge in [-0.1, -0.05) is 83.7 Å². The minimum absolute atomic E-state index is 0.0475. The minimum atomic E-state index is -0.763. The number of Topliss-reactive ketones (excluding diaryl/α,β-unsaturated/α-hetero) is 1. The van der Waals surface area contributed by atoms with Gasteiger partial charge in [0.15, 0.2) is 5.78 Å². The summed E-state index contributed by atoms with van der Waals surface area (Å²) in [6.45, 7) is 10.5. The van der Waals surface area contributed by atoms with Crippen LogP contribution in [-0.4, -0.2) is 54.4 Å². The summed E-state index contributed by atoms with van der Waals surface area (Å²) in [5, 5.41) is 5.70. The third kappa shape index (κ3) is 12.0. The first-order valence-electron chi connectivity index (χ1n) is 13.8. The predicted octanol–water partition coefficient (Wildman–Crippen LogP) is 5.08. The van der Waals surface area contributed by atoms with Crippen LogP contribution in [0.15, 0.2) is 30.3 Å². The van der Waals surface area contributed by atoms with Crippen LogP contribution in [0.3, 0.4) is 0 Å². The quantitative estimate of drug-likeness (QED) is 0.417. The van der Waals surface area contributed by atoms with E-state index < -0.39 is 18.2 Å². The van der Waals surface area contributed by atoms with Crippen LogP contribution in [0.1, 0.15) is 84.6 Å². The second-order valence-electron chi connectivity index (χ2n) is 10.9. The summed E-state index contributed by atoms with van der Waals surface area (Å²) in [7, 11) is 0. The molecule has 1 aliphatic heterocycles. The van der Waals surface area contributed by atoms with Crippen molar-refractivity contribution in [2.45, 2.75) is 97.8 Å². The monoisotopic (exact) mass is 501 g/mol. The second-order valence-corrected chi connectivity index (χ2v) is 10.9. The van der Waals surface area contributed by atoms with E-state index in [-0.39, 0.29) is 30.1 Å². The summed E-state index contributed by atoms with van der Waals surface area (Å²) < 4.78 is 5.34. The molecule has 0 aromatic heterocycles. The van der Waals surface area contributed by atoms with Crippen LogP contribution in [0, 0.1) is 11.8 Å². The van der Waals surface area contributed by atoms with Gasteiger partial charge in [-0.15, -0.1) is 0 Å². The molecule has 0 bridgehead atoms. The Kier molecular flexibility index (Phi) is 13.5. The average Bonchev–Trinajstić information content (AvgIpc) is 2.96. The van der Waals surface area contributed by atoms with E-state index in [0.717, 1.165) is 31.5 Å². The number of alkyl carbamates (subject to hydrolysis) is 1. The molecule has 7 nitrogen and oxygen atoms in total. The van der Waals surface area contributed by atoms with Crippen LogP contribution in [-0.2, 0) is 20.9 Å². The van der Waals surface area contributed by atoms with Gasteiger partial charge in [0.25, 0.3) is 0 Å². The number of nitrogens with zero attached hydrogens (tertiary/aromatic N) is 1. The maximum absolute atomic E-state index is 13.3. The van der Waals surface area contributed by atoms with Gasteiger partial charge in [0.1, 0.15) is 12.6 Å². The lowest BCUT2D eigenvalue weighted by Gasteiger charge is -2.27. The molecule has 2 N–H and O–H groups in total. The Balaban J connectivity index is 1.99. The summed E-state index contributed by atoms with van der Waals surface area (Å²) in [4.78, 5) is 41.3. The fourth-order valence-corrected chi connectivity index (χ4v) is 4.60. The molecule has 1 fully saturated rings. The van der Waals surface area contributed by atoms with Crippen molar-refractivity contribution in [1.82, 2.24) is 15.5 Å². The molecule has 0 saturated carbocycles. The number of hydrogen-bond acceptors (Lipinski definition) is 5. The first kappa shape index (κ1) is 29.8. The molecule has 1 saturated heterocycles. The highest BCUT2D eigenvalue weighted by molar-refractivity contribution is 5.93. The van der Waals surface area contributed by atoms with Gasteiger partial charge in [-0.2, -0.15) is 0 Å². The Morgan fingerprint density at radius 1 is 0.806 bits per heavy atom. The standard InChI is InChI=1S/C29H47N3O4/c1-22(2)18-25(27(33)20-32-16-12-7-5-6-8-13-17-32)30-28(34)26(19-23(3)4)31-29(35)36-21-24-14-10-9-11-15-24/h9-11,14-15,22-23,25-26H,5-8,12-13,16-21H2,1-4H3,(H,30,34)(H,31,35)/t25-,26-/m0/s1. The largest absolute Gasteiger partial charge is 0.445 e. The molecule has 2 rings (SSSR count). The molecule has 202 valence electrons. The van der Waals surface area contributed by atoms with Gasteiger partial charge in [-0.05, 0) is 56.2 Å². The van der Waals surface area contributed by atoms with Crippen LogP contribution in [0.4, 0.5) is 4.79 Å². The van der Waals surface area contributed by atoms with Gasteiger partial charge in [-0.25, -0.2) is 4.79 Å². The van der Waals surface area contributed by atoms with Crippen LogP contribution < -0.4 is 10.6 Å². The Morgan fingerprint density at radius 2 is 1.36 bits per heavy atom. The first-order valence-corrected chi connectivity index (χ1v) is 13.8. The molecule has 0 unspecified atom stereocenters. The fourth-order valence-electron chi connectivity index (χ4n) is 4.60. The van der Waals surface area contributed by atoms with Gasteiger partial charge in [0.2, 0.25) is 5.91 Å². The SMILES string of the molecule is CC(C)C[C@H](NC(=O)[C@H](CC(C)C)NC(=O)OCc1ccccc1)C(=O)CN1CCCCCCCC1. The number of benzene rings is 1. The lowest BCUT2D eigenvalue weighted by Crippen LogP contribution is -2.53. The zero-order chi connectivity index (χ0) is 26.3. The number of ether oxygens (including phenoxy) is 1. The van der Waals surface area contributed by atoms with E-state index in [2.05, 4.69) is 29.4 Å². The van der Waals surface area contributed by atoms with Gasteiger partial charge in [0.05, 0.1) is 12.6 Å². The second kappa shape index (κ2) is 16.4. The van der Waals surface area contributed by atoms with Crippen molar-refractivity contribution in [3.05, 3.63) is 35.9 Å². The molecular formula is C29H47N3O4. The van der Waals surface area contributed by atoms with Crippen molar-refractivity contribution in [3.63, 3.8) is 0 Å². The van der Waals surface area contributed by atoms with E-state index in [0.29, 0.717) is 19.4 Å². The van der Waals surface area contributed by atoms with Gasteiger partial charge in [0, 0.05) is 0 Å². The molecular weight excluding hydrogens is 454 g/mol. The molecule has 7 heteroatoms. The van der Waals surface area contributed by atoms with Crippen molar-refractivity contribution in [3.8, 4) is 0 Å². The van der Waals surface area contributed by atoms with Gasteiger partial charge < -0.3 is 15.4 Å². The van der Waals surface area contributed by atoms with E-state index in [4.69, 9.17) is 4.74 Å². The van der Waals surface area contributed by atoms with E-state index in [9.17, 15) is 14.4 Å². The number of carbonyl (C=O) groups is 3. The maximum Gasteiger partial charge on any atom is 0.408 e. The van der Waals surface area contributed by atoms with E-state index >= 15 is 0 Å². The highest BCUT2D eigenvalue weighted by atomic mass is 16.5. The van der Waals surface area contributed by atoms with Crippen molar-refractivity contribution < 1.29 is 19.1 Å². The van der Waals surface area contributed by atoms with Gasteiger partial charge >= 0.3 is 6.09 Å². The highest BCUT2D eigenvalue weighted by Gasteiger charge is 2.29. The maximum atomic E-state index is 13.3. The van der Waals surface area contributed by atoms with Crippen LogP contribution in [0.25, 0.3) is 0 Å². The Labute approximate surface area is 217 Å². The van der Waals surface area contributed by atoms with Crippen molar-refractivity contribution in [1.29, 1.82) is 0 Å². The molecule has 2 amide bonds. The van der Waals surface area contributed by atoms with E-state index in [1.54, 1.807) is 0 Å². The highest BCUT2D eigenvalue weighted by Crippen LogP contribution is 2.14. The smallest absolute Gasteiger partial charge is 0.408 e. The topological polar surface area (TPSA) is 87.7 Å². The summed E-state index contributed by atoms with van der Waals surface area (Å²) in [6, 6.07) is 8.08. The van der Waals surface area contributed by atoms with Crippen molar-refractivity contribution >= 4 is 17.8 Å². The molecule has 0 aliphatic carbocycles. The van der Waals surface area contributed by atoms with Crippen molar-refractivity contribution in [2.24, 2.45) is 11.8 Å². The molecule has 36 heavy (non-hydrogen) atoms. The zero-order valence-electron chi connectivity index (χ0n) is 22.8. The van der Waals surface area contributed by atoms with Crippen LogP contribution in [0.2, 0.25) is 0 Å². The Bertz CT molecular complexity index is 787. The summed E-state index contributed by atoms with van der Waals surface area (Å²) in [6.07, 6.45) is 7.58. The Hall–Kier alpha value is -2.41. The predicted molar refractivity (Wildman–Crippen MR) is 144 cm³/mol. The molecule has 1 aromatic rings. The molecule has 1 heterocycles. The number of nitrogens with one attached hydrogen (secondary N) is 2. The van der Waals surface area contributed by atoms with E-state index in [1.165, 1.54) is 25.7 Å². The zero-order valence-corrected chi connectivity index (χ0v) is 22.8. The van der Waals surface area contributed by atoms with Crippen LogP contribution >= 0.6 is 0 Å². The number of amides is 2. The number of rotatable bonds is 12. The summed E-state index contributed by atoms with van der Waals surface area (Å²) >= 11 is 0. The normalized spacial score (nSPS) is 16.9. The third-order valence-corrected chi connectivity index (χ3v) is 6.52. The number of carbonyl (C=O) groups excluding carboxylic acids is 3. The minimum Gasteiger partial charge on any atom is -0.445 e. The molecule has 2 atom stereocenters. The molecule has 1 aliphatic rings.